The monoisotopic (exact) mass is 325 g/mol. The van der Waals surface area contributed by atoms with Gasteiger partial charge >= 0.3 is 5.97 Å². The summed E-state index contributed by atoms with van der Waals surface area (Å²) < 4.78 is 10.6. The first kappa shape index (κ1) is 17.5. The molecule has 0 aliphatic heterocycles. The Bertz CT molecular complexity index is 702. The number of hydrogen-bond acceptors (Lipinski definition) is 4. The maximum atomic E-state index is 10.4. The van der Waals surface area contributed by atoms with Crippen molar-refractivity contribution in [1.82, 2.24) is 0 Å². The van der Waals surface area contributed by atoms with Gasteiger partial charge in [-0.25, -0.2) is 0 Å². The Morgan fingerprint density at radius 2 is 1.71 bits per heavy atom. The normalized spacial score (nSPS) is 11.5. The second-order valence-corrected chi connectivity index (χ2v) is 5.24. The van der Waals surface area contributed by atoms with Gasteiger partial charge in [-0.15, -0.1) is 0 Å². The lowest BCUT2D eigenvalue weighted by Crippen LogP contribution is -2.01. The van der Waals surface area contributed by atoms with Crippen LogP contribution in [0.25, 0.3) is 11.1 Å². The van der Waals surface area contributed by atoms with Crippen molar-refractivity contribution in [2.75, 3.05) is 13.7 Å². The molecular formula is C19H19NO4. The molecule has 1 atom stereocenters. The average molecular weight is 325 g/mol. The third-order valence-electron chi connectivity index (χ3n) is 3.56. The lowest BCUT2D eigenvalue weighted by Gasteiger charge is -2.09. The van der Waals surface area contributed by atoms with Gasteiger partial charge in [0.05, 0.1) is 12.7 Å². The second-order valence-electron chi connectivity index (χ2n) is 5.24. The van der Waals surface area contributed by atoms with E-state index in [9.17, 15) is 4.79 Å². The van der Waals surface area contributed by atoms with Gasteiger partial charge in [0, 0.05) is 13.5 Å². The molecule has 0 saturated carbocycles. The van der Waals surface area contributed by atoms with E-state index in [2.05, 4.69) is 6.07 Å². The van der Waals surface area contributed by atoms with E-state index in [1.807, 2.05) is 48.5 Å². The van der Waals surface area contributed by atoms with Gasteiger partial charge in [-0.05, 0) is 35.2 Å². The fourth-order valence-corrected chi connectivity index (χ4v) is 2.27. The van der Waals surface area contributed by atoms with Gasteiger partial charge in [-0.2, -0.15) is 5.26 Å². The molecule has 5 heteroatoms. The zero-order chi connectivity index (χ0) is 17.4. The summed E-state index contributed by atoms with van der Waals surface area (Å²) in [5.74, 6) is -0.103. The van der Waals surface area contributed by atoms with Crippen LogP contribution in [0, 0.1) is 11.3 Å². The van der Waals surface area contributed by atoms with Crippen molar-refractivity contribution >= 4 is 5.97 Å². The molecule has 0 aliphatic rings. The maximum absolute atomic E-state index is 10.4. The van der Waals surface area contributed by atoms with Crippen molar-refractivity contribution < 1.29 is 19.4 Å². The number of carboxylic acid groups (broad SMARTS) is 1. The van der Waals surface area contributed by atoms with E-state index in [0.29, 0.717) is 18.8 Å². The summed E-state index contributed by atoms with van der Waals surface area (Å²) in [7, 11) is 1.51. The molecule has 0 amide bonds. The standard InChI is InChI=1S/C19H19NO4/c1-23-18(13-20)16-6-4-14(5-7-16)15-8-10-17(11-9-15)24-12-2-3-19(21)22/h4-11,18H,2-3,12H2,1H3,(H,21,22). The Labute approximate surface area is 141 Å². The van der Waals surface area contributed by atoms with Crippen molar-refractivity contribution in [3.8, 4) is 22.9 Å². The molecule has 0 radical (unpaired) electrons. The summed E-state index contributed by atoms with van der Waals surface area (Å²) in [6.07, 6.45) is 0.0360. The van der Waals surface area contributed by atoms with Crippen molar-refractivity contribution in [3.05, 3.63) is 54.1 Å². The molecule has 1 unspecified atom stereocenters. The smallest absolute Gasteiger partial charge is 0.303 e. The summed E-state index contributed by atoms with van der Waals surface area (Å²) in [6.45, 7) is 0.382. The van der Waals surface area contributed by atoms with Crippen LogP contribution in [0.3, 0.4) is 0 Å². The van der Waals surface area contributed by atoms with Gasteiger partial charge in [0.25, 0.3) is 0 Å². The molecular weight excluding hydrogens is 306 g/mol. The molecule has 0 heterocycles. The number of nitrogens with zero attached hydrogens (tertiary/aromatic N) is 1. The average Bonchev–Trinajstić information content (AvgIpc) is 2.61. The van der Waals surface area contributed by atoms with Gasteiger partial charge in [0.1, 0.15) is 5.75 Å². The largest absolute Gasteiger partial charge is 0.494 e. The molecule has 2 aromatic rings. The number of rotatable bonds is 8. The molecule has 0 spiro atoms. The van der Waals surface area contributed by atoms with Crippen molar-refractivity contribution in [1.29, 1.82) is 5.26 Å². The highest BCUT2D eigenvalue weighted by molar-refractivity contribution is 5.66. The van der Waals surface area contributed by atoms with Crippen LogP contribution in [0.5, 0.6) is 5.75 Å². The zero-order valence-electron chi connectivity index (χ0n) is 13.4. The van der Waals surface area contributed by atoms with Gasteiger partial charge in [0.2, 0.25) is 0 Å². The minimum absolute atomic E-state index is 0.107. The van der Waals surface area contributed by atoms with Crippen LogP contribution in [-0.2, 0) is 9.53 Å². The molecule has 124 valence electrons. The van der Waals surface area contributed by atoms with Gasteiger partial charge in [-0.3, -0.25) is 4.79 Å². The van der Waals surface area contributed by atoms with Gasteiger partial charge in [0.15, 0.2) is 6.10 Å². The van der Waals surface area contributed by atoms with Crippen molar-refractivity contribution in [2.24, 2.45) is 0 Å². The van der Waals surface area contributed by atoms with E-state index in [1.165, 1.54) is 7.11 Å². The van der Waals surface area contributed by atoms with Crippen molar-refractivity contribution in [3.63, 3.8) is 0 Å². The zero-order valence-corrected chi connectivity index (χ0v) is 13.4. The number of methoxy groups -OCH3 is 1. The predicted octanol–water partition coefficient (Wildman–Crippen LogP) is 3.81. The molecule has 2 rings (SSSR count). The lowest BCUT2D eigenvalue weighted by molar-refractivity contribution is -0.137. The Kier molecular flexibility index (Phi) is 6.35. The van der Waals surface area contributed by atoms with E-state index in [1.54, 1.807) is 0 Å². The lowest BCUT2D eigenvalue weighted by atomic mass is 10.0. The molecule has 0 bridgehead atoms. The summed E-state index contributed by atoms with van der Waals surface area (Å²) in [5, 5.41) is 17.6. The van der Waals surface area contributed by atoms with Crippen LogP contribution in [0.4, 0.5) is 0 Å². The Hall–Kier alpha value is -2.84. The van der Waals surface area contributed by atoms with Crippen LogP contribution < -0.4 is 4.74 Å². The first-order valence-corrected chi connectivity index (χ1v) is 7.61. The topological polar surface area (TPSA) is 79.5 Å². The van der Waals surface area contributed by atoms with Crippen LogP contribution in [-0.4, -0.2) is 24.8 Å². The van der Waals surface area contributed by atoms with Crippen LogP contribution in [0.2, 0.25) is 0 Å². The summed E-state index contributed by atoms with van der Waals surface area (Å²) in [6, 6.07) is 17.3. The minimum atomic E-state index is -0.815. The number of carboxylic acids is 1. The van der Waals surface area contributed by atoms with E-state index in [-0.39, 0.29) is 6.42 Å². The Balaban J connectivity index is 1.98. The molecule has 24 heavy (non-hydrogen) atoms. The minimum Gasteiger partial charge on any atom is -0.494 e. The second kappa shape index (κ2) is 8.70. The fraction of sp³-hybridized carbons (Fsp3) is 0.263. The van der Waals surface area contributed by atoms with Crippen molar-refractivity contribution in [2.45, 2.75) is 18.9 Å². The number of carbonyl (C=O) groups is 1. The Morgan fingerprint density at radius 3 is 2.21 bits per heavy atom. The molecule has 0 aliphatic carbocycles. The number of ether oxygens (including phenoxy) is 2. The summed E-state index contributed by atoms with van der Waals surface area (Å²) >= 11 is 0. The quantitative estimate of drug-likeness (QED) is 0.747. The Morgan fingerprint density at radius 1 is 1.12 bits per heavy atom. The highest BCUT2D eigenvalue weighted by atomic mass is 16.5. The van der Waals surface area contributed by atoms with Gasteiger partial charge in [-0.1, -0.05) is 36.4 Å². The van der Waals surface area contributed by atoms with E-state index in [4.69, 9.17) is 19.8 Å². The third-order valence-corrected chi connectivity index (χ3v) is 3.56. The first-order chi connectivity index (χ1) is 11.6. The molecule has 1 N–H and O–H groups in total. The molecule has 0 fully saturated rings. The number of hydrogen-bond donors (Lipinski definition) is 1. The fourth-order valence-electron chi connectivity index (χ4n) is 2.27. The van der Waals surface area contributed by atoms with Crippen LogP contribution >= 0.6 is 0 Å². The maximum Gasteiger partial charge on any atom is 0.303 e. The number of benzene rings is 2. The summed E-state index contributed by atoms with van der Waals surface area (Å²) in [4.78, 5) is 10.4. The predicted molar refractivity (Wildman–Crippen MR) is 89.6 cm³/mol. The first-order valence-electron chi connectivity index (χ1n) is 7.61. The molecule has 5 nitrogen and oxygen atoms in total. The van der Waals surface area contributed by atoms with E-state index < -0.39 is 12.1 Å². The highest BCUT2D eigenvalue weighted by Crippen LogP contribution is 2.25. The van der Waals surface area contributed by atoms with E-state index >= 15 is 0 Å². The number of nitriles is 1. The molecule has 2 aromatic carbocycles. The molecule has 0 aromatic heterocycles. The third kappa shape index (κ3) is 4.83. The van der Waals surface area contributed by atoms with E-state index in [0.717, 1.165) is 16.7 Å². The SMILES string of the molecule is COC(C#N)c1ccc(-c2ccc(OCCCC(=O)O)cc2)cc1. The number of aliphatic carboxylic acids is 1. The van der Waals surface area contributed by atoms with Gasteiger partial charge < -0.3 is 14.6 Å². The van der Waals surface area contributed by atoms with Crippen LogP contribution in [0.1, 0.15) is 24.5 Å². The van der Waals surface area contributed by atoms with Crippen LogP contribution in [0.15, 0.2) is 48.5 Å². The highest BCUT2D eigenvalue weighted by Gasteiger charge is 2.08. The summed E-state index contributed by atoms with van der Waals surface area (Å²) in [5.41, 5.74) is 2.89. The molecule has 0 saturated heterocycles.